The molecule has 0 amide bonds. The third-order valence-corrected chi connectivity index (χ3v) is 3.31. The van der Waals surface area contributed by atoms with Gasteiger partial charge < -0.3 is 10.2 Å². The normalized spacial score (nSPS) is 10.2. The Morgan fingerprint density at radius 3 is 2.32 bits per heavy atom. The van der Waals surface area contributed by atoms with Crippen LogP contribution in [0.4, 0.5) is 11.4 Å². The predicted octanol–water partition coefficient (Wildman–Crippen LogP) is 4.28. The monoisotopic (exact) mass is 274 g/mol. The number of nitrogens with zero attached hydrogens (tertiary/aromatic N) is 1. The van der Waals surface area contributed by atoms with Crippen LogP contribution in [-0.4, -0.2) is 19.6 Å². The smallest absolute Gasteiger partial charge is 0.0407 e. The minimum absolute atomic E-state index is 0.769. The van der Waals surface area contributed by atoms with E-state index >= 15 is 0 Å². The summed E-state index contributed by atoms with van der Waals surface area (Å²) in [6.45, 7) is 5.06. The fourth-order valence-electron chi connectivity index (χ4n) is 2.01. The van der Waals surface area contributed by atoms with E-state index in [4.69, 9.17) is 11.6 Å². The lowest BCUT2D eigenvalue weighted by atomic mass is 10.3. The highest BCUT2D eigenvalue weighted by Crippen LogP contribution is 2.14. The summed E-state index contributed by atoms with van der Waals surface area (Å²) in [5, 5.41) is 4.17. The molecule has 0 aromatic heterocycles. The number of benzene rings is 2. The Morgan fingerprint density at radius 2 is 1.68 bits per heavy atom. The average Bonchev–Trinajstić information content (AvgIpc) is 2.46. The molecule has 0 aliphatic carbocycles. The van der Waals surface area contributed by atoms with Crippen LogP contribution in [-0.2, 0) is 0 Å². The van der Waals surface area contributed by atoms with Gasteiger partial charge in [0.2, 0.25) is 0 Å². The zero-order valence-corrected chi connectivity index (χ0v) is 11.9. The summed E-state index contributed by atoms with van der Waals surface area (Å²) in [7, 11) is 0. The van der Waals surface area contributed by atoms with Gasteiger partial charge in [0.25, 0.3) is 0 Å². The second-order valence-corrected chi connectivity index (χ2v) is 4.79. The molecule has 2 nitrogen and oxygen atoms in total. The first-order chi connectivity index (χ1) is 9.29. The predicted molar refractivity (Wildman–Crippen MR) is 84.3 cm³/mol. The SMILES string of the molecule is CCN(CCNc1ccc(Cl)cc1)c1ccccc1. The molecule has 0 radical (unpaired) electrons. The summed E-state index contributed by atoms with van der Waals surface area (Å²) >= 11 is 5.86. The molecule has 0 aliphatic rings. The van der Waals surface area contributed by atoms with Crippen LogP contribution in [0.25, 0.3) is 0 Å². The maximum absolute atomic E-state index is 5.86. The van der Waals surface area contributed by atoms with Gasteiger partial charge in [0.15, 0.2) is 0 Å². The topological polar surface area (TPSA) is 15.3 Å². The van der Waals surface area contributed by atoms with Crippen molar-refractivity contribution in [2.24, 2.45) is 0 Å². The van der Waals surface area contributed by atoms with E-state index in [0.29, 0.717) is 0 Å². The van der Waals surface area contributed by atoms with Crippen molar-refractivity contribution in [2.75, 3.05) is 29.9 Å². The highest BCUT2D eigenvalue weighted by atomic mass is 35.5. The first-order valence-electron chi connectivity index (χ1n) is 6.59. The molecule has 0 spiro atoms. The molecule has 0 saturated carbocycles. The third-order valence-electron chi connectivity index (χ3n) is 3.06. The van der Waals surface area contributed by atoms with Crippen LogP contribution in [0.5, 0.6) is 0 Å². The Bertz CT molecular complexity index is 482. The average molecular weight is 275 g/mol. The van der Waals surface area contributed by atoms with E-state index in [1.807, 2.05) is 30.3 Å². The lowest BCUT2D eigenvalue weighted by molar-refractivity contribution is 0.835. The van der Waals surface area contributed by atoms with Gasteiger partial charge in [0.1, 0.15) is 0 Å². The van der Waals surface area contributed by atoms with Crippen molar-refractivity contribution in [3.05, 3.63) is 59.6 Å². The van der Waals surface area contributed by atoms with Crippen molar-refractivity contribution in [1.29, 1.82) is 0 Å². The molecular formula is C16H19ClN2. The summed E-state index contributed by atoms with van der Waals surface area (Å²) in [5.74, 6) is 0. The van der Waals surface area contributed by atoms with Gasteiger partial charge in [-0.05, 0) is 43.3 Å². The van der Waals surface area contributed by atoms with Gasteiger partial charge in [0.05, 0.1) is 0 Å². The minimum atomic E-state index is 0.769. The van der Waals surface area contributed by atoms with Crippen molar-refractivity contribution in [3.8, 4) is 0 Å². The van der Waals surface area contributed by atoms with Gasteiger partial charge in [-0.2, -0.15) is 0 Å². The number of rotatable bonds is 6. The molecule has 1 N–H and O–H groups in total. The largest absolute Gasteiger partial charge is 0.383 e. The molecule has 0 fully saturated rings. The van der Waals surface area contributed by atoms with Gasteiger partial charge in [-0.3, -0.25) is 0 Å². The highest BCUT2D eigenvalue weighted by molar-refractivity contribution is 6.30. The number of halogens is 1. The quantitative estimate of drug-likeness (QED) is 0.846. The minimum Gasteiger partial charge on any atom is -0.383 e. The Kier molecular flexibility index (Phi) is 5.10. The Labute approximate surface area is 120 Å². The lowest BCUT2D eigenvalue weighted by Gasteiger charge is -2.23. The van der Waals surface area contributed by atoms with E-state index in [1.54, 1.807) is 0 Å². The van der Waals surface area contributed by atoms with Crippen molar-refractivity contribution in [2.45, 2.75) is 6.92 Å². The fraction of sp³-hybridized carbons (Fsp3) is 0.250. The Hall–Kier alpha value is -1.67. The van der Waals surface area contributed by atoms with E-state index < -0.39 is 0 Å². The molecule has 0 aliphatic heterocycles. The number of hydrogen-bond acceptors (Lipinski definition) is 2. The van der Waals surface area contributed by atoms with Crippen LogP contribution in [0.2, 0.25) is 5.02 Å². The van der Waals surface area contributed by atoms with Crippen LogP contribution in [0.3, 0.4) is 0 Å². The number of likely N-dealkylation sites (N-methyl/N-ethyl adjacent to an activating group) is 1. The summed E-state index contributed by atoms with van der Waals surface area (Å²) < 4.78 is 0. The molecule has 2 rings (SSSR count). The molecule has 0 saturated heterocycles. The van der Waals surface area contributed by atoms with E-state index in [0.717, 1.165) is 30.3 Å². The van der Waals surface area contributed by atoms with Gasteiger partial charge in [-0.15, -0.1) is 0 Å². The molecule has 0 atom stereocenters. The van der Waals surface area contributed by atoms with Gasteiger partial charge >= 0.3 is 0 Å². The molecule has 2 aromatic carbocycles. The molecule has 100 valence electrons. The molecule has 0 bridgehead atoms. The van der Waals surface area contributed by atoms with Crippen molar-refractivity contribution < 1.29 is 0 Å². The molecule has 0 unspecified atom stereocenters. The maximum Gasteiger partial charge on any atom is 0.0407 e. The number of para-hydroxylation sites is 1. The van der Waals surface area contributed by atoms with Gasteiger partial charge in [-0.1, -0.05) is 29.8 Å². The van der Waals surface area contributed by atoms with Crippen LogP contribution in [0, 0.1) is 0 Å². The van der Waals surface area contributed by atoms with Gasteiger partial charge in [-0.25, -0.2) is 0 Å². The number of hydrogen-bond donors (Lipinski definition) is 1. The van der Waals surface area contributed by atoms with Crippen molar-refractivity contribution in [3.63, 3.8) is 0 Å². The first kappa shape index (κ1) is 13.8. The fourth-order valence-corrected chi connectivity index (χ4v) is 2.14. The second kappa shape index (κ2) is 7.05. The molecule has 19 heavy (non-hydrogen) atoms. The number of nitrogens with one attached hydrogen (secondary N) is 1. The maximum atomic E-state index is 5.86. The Balaban J connectivity index is 1.85. The summed E-state index contributed by atoms with van der Waals surface area (Å²) in [6, 6.07) is 18.3. The third kappa shape index (κ3) is 4.18. The first-order valence-corrected chi connectivity index (χ1v) is 6.97. The van der Waals surface area contributed by atoms with E-state index in [1.165, 1.54) is 5.69 Å². The summed E-state index contributed by atoms with van der Waals surface area (Å²) in [6.07, 6.45) is 0. The second-order valence-electron chi connectivity index (χ2n) is 4.35. The zero-order valence-electron chi connectivity index (χ0n) is 11.1. The molecule has 2 aromatic rings. The van der Waals surface area contributed by atoms with E-state index in [2.05, 4.69) is 41.4 Å². The number of anilines is 2. The van der Waals surface area contributed by atoms with E-state index in [9.17, 15) is 0 Å². The summed E-state index contributed by atoms with van der Waals surface area (Å²) in [4.78, 5) is 2.35. The summed E-state index contributed by atoms with van der Waals surface area (Å²) in [5.41, 5.74) is 2.37. The molecular weight excluding hydrogens is 256 g/mol. The molecule has 3 heteroatoms. The lowest BCUT2D eigenvalue weighted by Crippen LogP contribution is -2.28. The van der Waals surface area contributed by atoms with Crippen molar-refractivity contribution >= 4 is 23.0 Å². The standard InChI is InChI=1S/C16H19ClN2/c1-2-19(16-6-4-3-5-7-16)13-12-18-15-10-8-14(17)9-11-15/h3-11,18H,2,12-13H2,1H3. The van der Waals surface area contributed by atoms with Crippen LogP contribution >= 0.6 is 11.6 Å². The van der Waals surface area contributed by atoms with Crippen molar-refractivity contribution in [1.82, 2.24) is 0 Å². The zero-order chi connectivity index (χ0) is 13.5. The highest BCUT2D eigenvalue weighted by Gasteiger charge is 2.02. The van der Waals surface area contributed by atoms with Crippen LogP contribution in [0.1, 0.15) is 6.92 Å². The molecule has 0 heterocycles. The van der Waals surface area contributed by atoms with E-state index in [-0.39, 0.29) is 0 Å². The Morgan fingerprint density at radius 1 is 1.00 bits per heavy atom. The van der Waals surface area contributed by atoms with Crippen LogP contribution in [0.15, 0.2) is 54.6 Å². The van der Waals surface area contributed by atoms with Gasteiger partial charge in [0, 0.05) is 36.0 Å². The van der Waals surface area contributed by atoms with Crippen LogP contribution < -0.4 is 10.2 Å².